The molecule has 84 valence electrons. The largest absolute Gasteiger partial charge is 0.384 e. The summed E-state index contributed by atoms with van der Waals surface area (Å²) in [5, 5.41) is 0. The molecule has 2 heterocycles. The van der Waals surface area contributed by atoms with Crippen LogP contribution in [0.3, 0.4) is 0 Å². The van der Waals surface area contributed by atoms with Crippen LogP contribution in [0.15, 0.2) is 36.4 Å². The van der Waals surface area contributed by atoms with E-state index in [-0.39, 0.29) is 0 Å². The van der Waals surface area contributed by atoms with Crippen LogP contribution in [-0.2, 0) is 0 Å². The Balaban J connectivity index is 2.18. The molecule has 0 saturated heterocycles. The van der Waals surface area contributed by atoms with Crippen molar-refractivity contribution >= 4 is 39.6 Å². The number of hydrogen-bond donors (Lipinski definition) is 2. The summed E-state index contributed by atoms with van der Waals surface area (Å²) < 4.78 is 1.17. The van der Waals surface area contributed by atoms with Crippen LogP contribution in [0.1, 0.15) is 0 Å². The highest BCUT2D eigenvalue weighted by molar-refractivity contribution is 14.1. The Morgan fingerprint density at radius 2 is 2.00 bits per heavy atom. The lowest BCUT2D eigenvalue weighted by Crippen LogP contribution is -1.88. The van der Waals surface area contributed by atoms with E-state index in [1.165, 1.54) is 3.57 Å². The van der Waals surface area contributed by atoms with E-state index in [9.17, 15) is 0 Å². The topological polar surface area (TPSA) is 67.6 Å². The van der Waals surface area contributed by atoms with Crippen molar-refractivity contribution < 1.29 is 0 Å². The molecule has 3 aromatic rings. The SMILES string of the molecule is Nc1ccc2[nH]c(-c3cccc(I)c3)nc2n1. The molecule has 0 radical (unpaired) electrons. The minimum Gasteiger partial charge on any atom is -0.384 e. The summed E-state index contributed by atoms with van der Waals surface area (Å²) >= 11 is 2.28. The number of imidazole rings is 1. The van der Waals surface area contributed by atoms with Crippen LogP contribution in [0.25, 0.3) is 22.6 Å². The molecule has 0 aliphatic heterocycles. The van der Waals surface area contributed by atoms with Gasteiger partial charge in [0, 0.05) is 9.13 Å². The fraction of sp³-hybridized carbons (Fsp3) is 0. The minimum absolute atomic E-state index is 0.484. The van der Waals surface area contributed by atoms with Crippen LogP contribution < -0.4 is 5.73 Å². The number of halogens is 1. The molecule has 3 N–H and O–H groups in total. The molecule has 0 saturated carbocycles. The second kappa shape index (κ2) is 3.99. The summed E-state index contributed by atoms with van der Waals surface area (Å²) in [6.45, 7) is 0. The average molecular weight is 336 g/mol. The van der Waals surface area contributed by atoms with E-state index in [0.29, 0.717) is 11.5 Å². The molecular formula is C12H9IN4. The Bertz CT molecular complexity index is 690. The molecule has 0 aliphatic rings. The smallest absolute Gasteiger partial charge is 0.180 e. The second-order valence-electron chi connectivity index (χ2n) is 3.70. The monoisotopic (exact) mass is 336 g/mol. The van der Waals surface area contributed by atoms with E-state index >= 15 is 0 Å². The van der Waals surface area contributed by atoms with Gasteiger partial charge in [-0.15, -0.1) is 0 Å². The van der Waals surface area contributed by atoms with Crippen LogP contribution >= 0.6 is 22.6 Å². The molecule has 0 spiro atoms. The summed E-state index contributed by atoms with van der Waals surface area (Å²) in [5.41, 5.74) is 8.23. The van der Waals surface area contributed by atoms with Gasteiger partial charge in [0.2, 0.25) is 0 Å². The lowest BCUT2D eigenvalue weighted by atomic mass is 10.2. The number of hydrogen-bond acceptors (Lipinski definition) is 3. The summed E-state index contributed by atoms with van der Waals surface area (Å²) in [6.07, 6.45) is 0. The number of nitrogens with two attached hydrogens (primary N) is 1. The van der Waals surface area contributed by atoms with Gasteiger partial charge in [0.05, 0.1) is 5.52 Å². The van der Waals surface area contributed by atoms with Crippen LogP contribution in [0, 0.1) is 3.57 Å². The van der Waals surface area contributed by atoms with Crippen LogP contribution in [0.4, 0.5) is 5.82 Å². The number of aromatic nitrogens is 3. The molecule has 0 bridgehead atoms. The predicted octanol–water partition coefficient (Wildman–Crippen LogP) is 2.81. The molecule has 0 unspecified atom stereocenters. The first kappa shape index (κ1) is 10.5. The maximum atomic E-state index is 5.63. The molecular weight excluding hydrogens is 327 g/mol. The quantitative estimate of drug-likeness (QED) is 0.672. The number of nitrogen functional groups attached to an aromatic ring is 1. The lowest BCUT2D eigenvalue weighted by Gasteiger charge is -1.96. The summed E-state index contributed by atoms with van der Waals surface area (Å²) in [5.74, 6) is 1.30. The Hall–Kier alpha value is -1.63. The third-order valence-electron chi connectivity index (χ3n) is 2.47. The number of nitrogens with zero attached hydrogens (tertiary/aromatic N) is 2. The first-order valence-electron chi connectivity index (χ1n) is 5.10. The third kappa shape index (κ3) is 1.97. The molecule has 0 amide bonds. The van der Waals surface area contributed by atoms with Crippen molar-refractivity contribution in [2.24, 2.45) is 0 Å². The van der Waals surface area contributed by atoms with E-state index in [1.54, 1.807) is 6.07 Å². The maximum Gasteiger partial charge on any atom is 0.180 e. The molecule has 3 rings (SSSR count). The van der Waals surface area contributed by atoms with Gasteiger partial charge in [-0.05, 0) is 46.9 Å². The zero-order valence-electron chi connectivity index (χ0n) is 8.81. The van der Waals surface area contributed by atoms with Gasteiger partial charge in [0.15, 0.2) is 5.65 Å². The van der Waals surface area contributed by atoms with Crippen molar-refractivity contribution in [3.05, 3.63) is 40.0 Å². The van der Waals surface area contributed by atoms with Crippen LogP contribution in [0.5, 0.6) is 0 Å². The van der Waals surface area contributed by atoms with E-state index < -0.39 is 0 Å². The van der Waals surface area contributed by atoms with Crippen molar-refractivity contribution in [3.8, 4) is 11.4 Å². The van der Waals surface area contributed by atoms with Crippen LogP contribution in [-0.4, -0.2) is 15.0 Å². The molecule has 0 atom stereocenters. The average Bonchev–Trinajstić information content (AvgIpc) is 2.72. The highest BCUT2D eigenvalue weighted by Gasteiger charge is 2.06. The molecule has 5 heteroatoms. The second-order valence-corrected chi connectivity index (χ2v) is 4.95. The standard InChI is InChI=1S/C12H9IN4/c13-8-3-1-2-7(6-8)11-15-9-4-5-10(14)16-12(9)17-11/h1-6H,(H3,14,15,16,17). The highest BCUT2D eigenvalue weighted by atomic mass is 127. The van der Waals surface area contributed by atoms with Crippen molar-refractivity contribution in [3.63, 3.8) is 0 Å². The van der Waals surface area contributed by atoms with Crippen molar-refractivity contribution in [1.29, 1.82) is 0 Å². The van der Waals surface area contributed by atoms with E-state index in [1.807, 2.05) is 24.3 Å². The van der Waals surface area contributed by atoms with Gasteiger partial charge in [-0.3, -0.25) is 0 Å². The molecule has 0 fully saturated rings. The zero-order chi connectivity index (χ0) is 11.8. The van der Waals surface area contributed by atoms with Gasteiger partial charge in [0.25, 0.3) is 0 Å². The number of benzene rings is 1. The van der Waals surface area contributed by atoms with Gasteiger partial charge in [-0.25, -0.2) is 9.97 Å². The van der Waals surface area contributed by atoms with E-state index in [2.05, 4.69) is 43.6 Å². The zero-order valence-corrected chi connectivity index (χ0v) is 11.0. The first-order valence-corrected chi connectivity index (χ1v) is 6.18. The van der Waals surface area contributed by atoms with Gasteiger partial charge in [0.1, 0.15) is 11.6 Å². The Morgan fingerprint density at radius 3 is 2.82 bits per heavy atom. The summed E-state index contributed by atoms with van der Waals surface area (Å²) in [6, 6.07) is 11.8. The van der Waals surface area contributed by atoms with Crippen molar-refractivity contribution in [1.82, 2.24) is 15.0 Å². The number of anilines is 1. The Kier molecular flexibility index (Phi) is 2.47. The third-order valence-corrected chi connectivity index (χ3v) is 3.14. The fourth-order valence-electron chi connectivity index (χ4n) is 1.68. The van der Waals surface area contributed by atoms with Crippen molar-refractivity contribution in [2.75, 3.05) is 5.73 Å². The summed E-state index contributed by atoms with van der Waals surface area (Å²) in [4.78, 5) is 11.8. The maximum absolute atomic E-state index is 5.63. The van der Waals surface area contributed by atoms with Gasteiger partial charge < -0.3 is 10.7 Å². The number of nitrogens with one attached hydrogen (secondary N) is 1. The molecule has 0 aliphatic carbocycles. The van der Waals surface area contributed by atoms with Gasteiger partial charge in [-0.1, -0.05) is 12.1 Å². The number of pyridine rings is 1. The van der Waals surface area contributed by atoms with Gasteiger partial charge in [-0.2, -0.15) is 0 Å². The predicted molar refractivity (Wildman–Crippen MR) is 76.5 cm³/mol. The lowest BCUT2D eigenvalue weighted by molar-refractivity contribution is 1.30. The molecule has 17 heavy (non-hydrogen) atoms. The Morgan fingerprint density at radius 1 is 1.12 bits per heavy atom. The van der Waals surface area contributed by atoms with Crippen LogP contribution in [0.2, 0.25) is 0 Å². The Labute approximate surface area is 111 Å². The normalized spacial score (nSPS) is 10.9. The number of fused-ring (bicyclic) bond motifs is 1. The first-order chi connectivity index (χ1) is 8.22. The van der Waals surface area contributed by atoms with Gasteiger partial charge >= 0.3 is 0 Å². The fourth-order valence-corrected chi connectivity index (χ4v) is 2.22. The number of H-pyrrole nitrogens is 1. The number of rotatable bonds is 1. The van der Waals surface area contributed by atoms with E-state index in [0.717, 1.165) is 16.9 Å². The molecule has 1 aromatic carbocycles. The molecule has 4 nitrogen and oxygen atoms in total. The molecule has 2 aromatic heterocycles. The highest BCUT2D eigenvalue weighted by Crippen LogP contribution is 2.21. The van der Waals surface area contributed by atoms with Crippen molar-refractivity contribution in [2.45, 2.75) is 0 Å². The van der Waals surface area contributed by atoms with E-state index in [4.69, 9.17) is 5.73 Å². The summed E-state index contributed by atoms with van der Waals surface area (Å²) in [7, 11) is 0. The minimum atomic E-state index is 0.484. The number of aromatic amines is 1.